The van der Waals surface area contributed by atoms with Gasteiger partial charge >= 0.3 is 0 Å². The molecule has 0 fully saturated rings. The van der Waals surface area contributed by atoms with Gasteiger partial charge in [0, 0.05) is 12.1 Å². The smallest absolute Gasteiger partial charge is 0.271 e. The number of carbonyl (C=O) groups excluding carboxylic acids is 1. The Labute approximate surface area is 158 Å². The zero-order chi connectivity index (χ0) is 20.0. The van der Waals surface area contributed by atoms with Crippen LogP contribution in [0.1, 0.15) is 46.8 Å². The van der Waals surface area contributed by atoms with E-state index >= 15 is 0 Å². The lowest BCUT2D eigenvalue weighted by molar-refractivity contribution is 0.103. The van der Waals surface area contributed by atoms with Gasteiger partial charge < -0.3 is 9.84 Å². The first kappa shape index (κ1) is 20.0. The van der Waals surface area contributed by atoms with Crippen LogP contribution in [0.25, 0.3) is 0 Å². The molecule has 0 unspecified atom stereocenters. The van der Waals surface area contributed by atoms with Gasteiger partial charge in [0.15, 0.2) is 5.78 Å². The van der Waals surface area contributed by atoms with E-state index in [9.17, 15) is 20.0 Å². The van der Waals surface area contributed by atoms with Crippen molar-refractivity contribution in [3.05, 3.63) is 69.5 Å². The highest BCUT2D eigenvalue weighted by molar-refractivity contribution is 6.11. The van der Waals surface area contributed by atoms with Gasteiger partial charge in [-0.3, -0.25) is 14.2 Å². The van der Waals surface area contributed by atoms with Crippen LogP contribution in [0, 0.1) is 18.3 Å². The lowest BCUT2D eigenvalue weighted by atomic mass is 9.97. The second-order valence-electron chi connectivity index (χ2n) is 6.07. The molecule has 0 atom stereocenters. The largest absolute Gasteiger partial charge is 0.494 e. The zero-order valence-electron chi connectivity index (χ0n) is 15.5. The van der Waals surface area contributed by atoms with Crippen LogP contribution in [0.15, 0.2) is 41.7 Å². The Kier molecular flexibility index (Phi) is 6.56. The van der Waals surface area contributed by atoms with Crippen LogP contribution in [0.2, 0.25) is 0 Å². The molecule has 0 amide bonds. The number of aromatic hydroxyl groups is 1. The minimum absolute atomic E-state index is 0.0138. The van der Waals surface area contributed by atoms with Crippen molar-refractivity contribution in [1.29, 1.82) is 5.26 Å². The van der Waals surface area contributed by atoms with Gasteiger partial charge in [-0.2, -0.15) is 5.26 Å². The summed E-state index contributed by atoms with van der Waals surface area (Å²) in [4.78, 5) is 25.4. The Bertz CT molecular complexity index is 967. The molecule has 1 aromatic heterocycles. The van der Waals surface area contributed by atoms with E-state index in [2.05, 4.69) is 13.5 Å². The third kappa shape index (κ3) is 4.09. The molecule has 2 rings (SSSR count). The van der Waals surface area contributed by atoms with Crippen molar-refractivity contribution in [3.8, 4) is 17.7 Å². The van der Waals surface area contributed by atoms with Crippen molar-refractivity contribution >= 4 is 5.78 Å². The van der Waals surface area contributed by atoms with Crippen LogP contribution >= 0.6 is 0 Å². The van der Waals surface area contributed by atoms with Crippen molar-refractivity contribution in [3.63, 3.8) is 0 Å². The molecular formula is C21H22N2O4. The lowest BCUT2D eigenvalue weighted by Crippen LogP contribution is -2.26. The number of carbonyl (C=O) groups is 1. The van der Waals surface area contributed by atoms with Gasteiger partial charge in [0.2, 0.25) is 5.88 Å². The van der Waals surface area contributed by atoms with Gasteiger partial charge in [-0.1, -0.05) is 31.6 Å². The number of unbranched alkanes of at least 4 members (excludes halogenated alkanes) is 1. The van der Waals surface area contributed by atoms with E-state index in [1.165, 1.54) is 13.0 Å². The van der Waals surface area contributed by atoms with Gasteiger partial charge in [0.25, 0.3) is 5.56 Å². The van der Waals surface area contributed by atoms with E-state index in [4.69, 9.17) is 4.74 Å². The monoisotopic (exact) mass is 366 g/mol. The highest BCUT2D eigenvalue weighted by Crippen LogP contribution is 2.26. The Balaban J connectivity index is 2.55. The molecule has 1 N–H and O–H groups in total. The molecule has 0 radical (unpaired) electrons. The van der Waals surface area contributed by atoms with Gasteiger partial charge in [0.1, 0.15) is 17.4 Å². The number of rotatable bonds is 8. The van der Waals surface area contributed by atoms with Crippen LogP contribution in [0.5, 0.6) is 11.6 Å². The van der Waals surface area contributed by atoms with Crippen LogP contribution in [0.4, 0.5) is 0 Å². The first-order chi connectivity index (χ1) is 13.0. The fraction of sp³-hybridized carbons (Fsp3) is 0.286. The Hall–Kier alpha value is -3.33. The predicted octanol–water partition coefficient (Wildman–Crippen LogP) is 3.33. The topological polar surface area (TPSA) is 92.3 Å². The van der Waals surface area contributed by atoms with E-state index in [0.29, 0.717) is 17.9 Å². The molecule has 27 heavy (non-hydrogen) atoms. The second-order valence-corrected chi connectivity index (χ2v) is 6.07. The Morgan fingerprint density at radius 1 is 1.44 bits per heavy atom. The van der Waals surface area contributed by atoms with E-state index < -0.39 is 17.2 Å². The van der Waals surface area contributed by atoms with Crippen molar-refractivity contribution < 1.29 is 14.6 Å². The summed E-state index contributed by atoms with van der Waals surface area (Å²) in [6.07, 6.45) is 3.30. The fourth-order valence-electron chi connectivity index (χ4n) is 2.73. The number of nitrogens with zero attached hydrogens (tertiary/aromatic N) is 2. The number of hydrogen-bond acceptors (Lipinski definition) is 5. The van der Waals surface area contributed by atoms with Crippen LogP contribution < -0.4 is 10.3 Å². The number of allylic oxidation sites excluding steroid dienone is 1. The number of nitriles is 1. The summed E-state index contributed by atoms with van der Waals surface area (Å²) in [5, 5.41) is 19.9. The van der Waals surface area contributed by atoms with Crippen molar-refractivity contribution in [1.82, 2.24) is 4.57 Å². The summed E-state index contributed by atoms with van der Waals surface area (Å²) < 4.78 is 6.59. The summed E-state index contributed by atoms with van der Waals surface area (Å²) in [7, 11) is 0. The summed E-state index contributed by atoms with van der Waals surface area (Å²) >= 11 is 0. The normalized spacial score (nSPS) is 10.3. The first-order valence-corrected chi connectivity index (χ1v) is 8.71. The van der Waals surface area contributed by atoms with Crippen LogP contribution in [0.3, 0.4) is 0 Å². The van der Waals surface area contributed by atoms with Crippen LogP contribution in [-0.4, -0.2) is 22.1 Å². The number of ketones is 1. The van der Waals surface area contributed by atoms with E-state index in [0.717, 1.165) is 17.4 Å². The van der Waals surface area contributed by atoms with E-state index in [1.54, 1.807) is 24.3 Å². The van der Waals surface area contributed by atoms with Gasteiger partial charge in [0.05, 0.1) is 12.2 Å². The van der Waals surface area contributed by atoms with Crippen molar-refractivity contribution in [2.24, 2.45) is 0 Å². The number of pyridine rings is 1. The summed E-state index contributed by atoms with van der Waals surface area (Å²) in [6.45, 7) is 7.60. The number of benzene rings is 1. The SMILES string of the molecule is C=CCn1c(O)c(C(=O)c2cccc(OCCCC)c2)c(C)c(C#N)c1=O. The minimum Gasteiger partial charge on any atom is -0.494 e. The molecule has 0 aliphatic heterocycles. The molecule has 0 aliphatic rings. The molecule has 0 bridgehead atoms. The maximum absolute atomic E-state index is 13.0. The van der Waals surface area contributed by atoms with Gasteiger partial charge in [-0.25, -0.2) is 0 Å². The molecule has 2 aromatic rings. The summed E-state index contributed by atoms with van der Waals surface area (Å²) in [6, 6.07) is 8.45. The molecule has 0 saturated carbocycles. The van der Waals surface area contributed by atoms with Crippen molar-refractivity contribution in [2.75, 3.05) is 6.61 Å². The molecule has 1 heterocycles. The predicted molar refractivity (Wildman–Crippen MR) is 102 cm³/mol. The maximum atomic E-state index is 13.0. The standard InChI is InChI=1S/C21H22N2O4/c1-4-6-11-27-16-9-7-8-15(12-16)19(24)18-14(3)17(13-22)20(25)23(10-5-2)21(18)26/h5,7-9,12,26H,2,4,6,10-11H2,1,3H3. The molecule has 6 nitrogen and oxygen atoms in total. The average molecular weight is 366 g/mol. The fourth-order valence-corrected chi connectivity index (χ4v) is 2.73. The highest BCUT2D eigenvalue weighted by atomic mass is 16.5. The highest BCUT2D eigenvalue weighted by Gasteiger charge is 2.24. The molecule has 0 saturated heterocycles. The summed E-state index contributed by atoms with van der Waals surface area (Å²) in [5.74, 6) is -0.412. The molecule has 0 aliphatic carbocycles. The maximum Gasteiger partial charge on any atom is 0.271 e. The third-order valence-electron chi connectivity index (χ3n) is 4.20. The molecule has 140 valence electrons. The molecule has 1 aromatic carbocycles. The van der Waals surface area contributed by atoms with E-state index in [-0.39, 0.29) is 23.2 Å². The Morgan fingerprint density at radius 3 is 2.81 bits per heavy atom. The quantitative estimate of drug-likeness (QED) is 0.439. The summed E-state index contributed by atoms with van der Waals surface area (Å²) in [5.41, 5.74) is -0.439. The second kappa shape index (κ2) is 8.86. The van der Waals surface area contributed by atoms with Crippen LogP contribution in [-0.2, 0) is 6.54 Å². The average Bonchev–Trinajstić information content (AvgIpc) is 2.66. The third-order valence-corrected chi connectivity index (χ3v) is 4.20. The Morgan fingerprint density at radius 2 is 2.19 bits per heavy atom. The zero-order valence-corrected chi connectivity index (χ0v) is 15.5. The number of aromatic nitrogens is 1. The number of hydrogen-bond donors (Lipinski definition) is 1. The molecule has 0 spiro atoms. The molecule has 6 heteroatoms. The number of ether oxygens (including phenoxy) is 1. The molecular weight excluding hydrogens is 344 g/mol. The van der Waals surface area contributed by atoms with Crippen molar-refractivity contribution in [2.45, 2.75) is 33.2 Å². The lowest BCUT2D eigenvalue weighted by Gasteiger charge is -2.15. The van der Waals surface area contributed by atoms with Gasteiger partial charge in [-0.15, -0.1) is 6.58 Å². The first-order valence-electron chi connectivity index (χ1n) is 8.71. The van der Waals surface area contributed by atoms with E-state index in [1.807, 2.05) is 6.07 Å². The van der Waals surface area contributed by atoms with Gasteiger partial charge in [-0.05, 0) is 31.0 Å². The minimum atomic E-state index is -0.652.